The van der Waals surface area contributed by atoms with Crippen LogP contribution in [0.3, 0.4) is 0 Å². The molecule has 14 nitrogen and oxygen atoms in total. The first-order chi connectivity index (χ1) is 12.8. The molecule has 1 aromatic heterocycles. The van der Waals surface area contributed by atoms with Gasteiger partial charge in [-0.25, -0.2) is 4.79 Å². The molecule has 0 bridgehead atoms. The molecule has 0 spiro atoms. The monoisotopic (exact) mass is 380 g/mol. The van der Waals surface area contributed by atoms with Crippen molar-refractivity contribution in [2.24, 2.45) is 0 Å². The van der Waals surface area contributed by atoms with Gasteiger partial charge in [-0.15, -0.1) is 5.10 Å². The zero-order chi connectivity index (χ0) is 20.1. The van der Waals surface area contributed by atoms with Crippen LogP contribution in [0, 0.1) is 20.2 Å². The van der Waals surface area contributed by atoms with E-state index in [0.29, 0.717) is 0 Å². The van der Waals surface area contributed by atoms with E-state index in [2.05, 4.69) is 25.2 Å². The van der Waals surface area contributed by atoms with Crippen LogP contribution >= 0.6 is 0 Å². The number of esters is 2. The van der Waals surface area contributed by atoms with Crippen LogP contribution in [-0.4, -0.2) is 51.1 Å². The van der Waals surface area contributed by atoms with E-state index in [-0.39, 0.29) is 17.1 Å². The van der Waals surface area contributed by atoms with Crippen molar-refractivity contribution in [3.05, 3.63) is 49.8 Å². The maximum absolute atomic E-state index is 11.8. The van der Waals surface area contributed by atoms with Crippen LogP contribution in [0.25, 0.3) is 0 Å². The third kappa shape index (κ3) is 4.12. The van der Waals surface area contributed by atoms with Crippen LogP contribution in [0.4, 0.5) is 17.1 Å². The fourth-order valence-corrected chi connectivity index (χ4v) is 2.01. The van der Waals surface area contributed by atoms with Gasteiger partial charge < -0.3 is 9.47 Å². The van der Waals surface area contributed by atoms with E-state index in [4.69, 9.17) is 0 Å². The van der Waals surface area contributed by atoms with Crippen LogP contribution in [-0.2, 0) is 20.7 Å². The Bertz CT molecular complexity index is 924. The van der Waals surface area contributed by atoms with E-state index in [0.717, 1.165) is 37.2 Å². The zero-order valence-electron chi connectivity index (χ0n) is 13.9. The Kier molecular flexibility index (Phi) is 5.59. The van der Waals surface area contributed by atoms with E-state index in [9.17, 15) is 29.8 Å². The van der Waals surface area contributed by atoms with Crippen molar-refractivity contribution >= 4 is 29.0 Å². The number of hydrogen-bond donors (Lipinski definition) is 1. The van der Waals surface area contributed by atoms with Gasteiger partial charge in [-0.05, 0) is 11.3 Å². The summed E-state index contributed by atoms with van der Waals surface area (Å²) in [5.41, 5.74) is 0.799. The number of nitro benzene ring substituents is 2. The Morgan fingerprint density at radius 1 is 1.19 bits per heavy atom. The molecule has 1 N–H and O–H groups in total. The van der Waals surface area contributed by atoms with Gasteiger partial charge in [0.2, 0.25) is 0 Å². The lowest BCUT2D eigenvalue weighted by atomic mass is 10.2. The Morgan fingerprint density at radius 2 is 1.89 bits per heavy atom. The molecule has 0 saturated carbocycles. The van der Waals surface area contributed by atoms with E-state index in [1.807, 2.05) is 0 Å². The van der Waals surface area contributed by atoms with E-state index in [1.54, 1.807) is 0 Å². The topological polar surface area (TPSA) is 182 Å². The number of rotatable bonds is 7. The fraction of sp³-hybridized carbons (Fsp3) is 0.231. The molecule has 0 amide bonds. The first-order valence-corrected chi connectivity index (χ1v) is 7.08. The van der Waals surface area contributed by atoms with Gasteiger partial charge in [0.25, 0.3) is 5.69 Å². The highest BCUT2D eigenvalue weighted by Crippen LogP contribution is 2.29. The molecule has 0 unspecified atom stereocenters. The average Bonchev–Trinajstić information content (AvgIpc) is 3.03. The minimum atomic E-state index is -0.889. The van der Waals surface area contributed by atoms with Gasteiger partial charge >= 0.3 is 17.6 Å². The largest absolute Gasteiger partial charge is 0.469 e. The first-order valence-electron chi connectivity index (χ1n) is 7.08. The summed E-state index contributed by atoms with van der Waals surface area (Å²) in [6, 6.07) is 2.87. The Morgan fingerprint density at radius 3 is 2.44 bits per heavy atom. The van der Waals surface area contributed by atoms with Gasteiger partial charge in [-0.2, -0.15) is 4.79 Å². The maximum atomic E-state index is 11.8. The molecular weight excluding hydrogens is 368 g/mol. The summed E-state index contributed by atoms with van der Waals surface area (Å²) in [6.07, 6.45) is -0.443. The molecule has 2 aromatic rings. The summed E-state index contributed by atoms with van der Waals surface area (Å²) in [6.45, 7) is 0. The number of ether oxygens (including phenoxy) is 2. The van der Waals surface area contributed by atoms with Crippen molar-refractivity contribution in [3.8, 4) is 0 Å². The number of carbonyl (C=O) groups excluding carboxylic acids is 2. The molecule has 0 aliphatic heterocycles. The zero-order valence-corrected chi connectivity index (χ0v) is 13.9. The van der Waals surface area contributed by atoms with Crippen molar-refractivity contribution in [1.82, 2.24) is 15.1 Å². The predicted octanol–water partition coefficient (Wildman–Crippen LogP) is 0.472. The van der Waals surface area contributed by atoms with Crippen molar-refractivity contribution in [3.63, 3.8) is 0 Å². The highest BCUT2D eigenvalue weighted by atomic mass is 16.6. The molecule has 1 heterocycles. The van der Waals surface area contributed by atoms with E-state index in [1.165, 1.54) is 0 Å². The second kappa shape index (κ2) is 7.85. The summed E-state index contributed by atoms with van der Waals surface area (Å²) < 4.78 is 9.07. The lowest BCUT2D eigenvalue weighted by molar-refractivity contribution is -0.393. The van der Waals surface area contributed by atoms with Gasteiger partial charge in [-0.1, -0.05) is 0 Å². The SMILES string of the molecule is COC(=O)Cc1c(C(=O)OC)nnn1Nc1ccc([N+](=O)[O-])cc1[N+](=O)[O-]. The minimum absolute atomic E-state index is 0.0821. The molecule has 0 aliphatic carbocycles. The number of hydrogen-bond acceptors (Lipinski definition) is 11. The Balaban J connectivity index is 2.49. The standard InChI is InChI=1S/C13H12N6O8/c1-26-11(20)6-10-12(13(21)27-2)14-16-17(10)15-8-4-3-7(18(22)23)5-9(8)19(24)25/h3-5,15H,6H2,1-2H3. The number of nitrogens with zero attached hydrogens (tertiary/aromatic N) is 5. The normalized spacial score (nSPS) is 10.1. The summed E-state index contributed by atoms with van der Waals surface area (Å²) >= 11 is 0. The third-order valence-electron chi connectivity index (χ3n) is 3.30. The second-order valence-electron chi connectivity index (χ2n) is 4.87. The number of nitro groups is 2. The molecule has 142 valence electrons. The predicted molar refractivity (Wildman–Crippen MR) is 85.9 cm³/mol. The molecule has 0 fully saturated rings. The number of nitrogens with one attached hydrogen (secondary N) is 1. The van der Waals surface area contributed by atoms with Crippen LogP contribution in [0.5, 0.6) is 0 Å². The molecule has 14 heteroatoms. The number of benzene rings is 1. The molecule has 0 aliphatic rings. The molecule has 0 atom stereocenters. The van der Waals surface area contributed by atoms with E-state index < -0.39 is 39.6 Å². The fourth-order valence-electron chi connectivity index (χ4n) is 2.01. The summed E-state index contributed by atoms with van der Waals surface area (Å²) in [4.78, 5) is 44.6. The highest BCUT2D eigenvalue weighted by molar-refractivity contribution is 5.89. The van der Waals surface area contributed by atoms with Gasteiger partial charge in [-0.3, -0.25) is 30.4 Å². The van der Waals surface area contributed by atoms with Gasteiger partial charge in [0.15, 0.2) is 5.69 Å². The Hall–Kier alpha value is -4.10. The van der Waals surface area contributed by atoms with Crippen LogP contribution in [0.1, 0.15) is 16.2 Å². The number of anilines is 1. The van der Waals surface area contributed by atoms with Crippen LogP contribution < -0.4 is 5.43 Å². The number of carbonyl (C=O) groups is 2. The van der Waals surface area contributed by atoms with Gasteiger partial charge in [0.05, 0.1) is 36.6 Å². The summed E-state index contributed by atoms with van der Waals surface area (Å²) in [7, 11) is 2.22. The highest BCUT2D eigenvalue weighted by Gasteiger charge is 2.25. The number of methoxy groups -OCH3 is 2. The molecule has 0 saturated heterocycles. The van der Waals surface area contributed by atoms with Crippen LogP contribution in [0.2, 0.25) is 0 Å². The molecule has 2 rings (SSSR count). The number of aromatic nitrogens is 3. The smallest absolute Gasteiger partial charge is 0.360 e. The first kappa shape index (κ1) is 19.2. The Labute approximate surface area is 149 Å². The average molecular weight is 380 g/mol. The lowest BCUT2D eigenvalue weighted by Crippen LogP contribution is -2.20. The minimum Gasteiger partial charge on any atom is -0.469 e. The maximum Gasteiger partial charge on any atom is 0.360 e. The molecular formula is C13H12N6O8. The summed E-state index contributed by atoms with van der Waals surface area (Å²) in [5, 5.41) is 29.2. The summed E-state index contributed by atoms with van der Waals surface area (Å²) in [5.74, 6) is -1.62. The van der Waals surface area contributed by atoms with Crippen LogP contribution in [0.15, 0.2) is 18.2 Å². The quantitative estimate of drug-likeness (QED) is 0.400. The van der Waals surface area contributed by atoms with Crippen molar-refractivity contribution < 1.29 is 28.9 Å². The lowest BCUT2D eigenvalue weighted by Gasteiger charge is -2.09. The van der Waals surface area contributed by atoms with Crippen molar-refractivity contribution in [1.29, 1.82) is 0 Å². The van der Waals surface area contributed by atoms with E-state index >= 15 is 0 Å². The van der Waals surface area contributed by atoms with Crippen molar-refractivity contribution in [2.45, 2.75) is 6.42 Å². The van der Waals surface area contributed by atoms with Gasteiger partial charge in [0.1, 0.15) is 11.4 Å². The molecule has 1 aromatic carbocycles. The molecule has 0 radical (unpaired) electrons. The van der Waals surface area contributed by atoms with Crippen molar-refractivity contribution in [2.75, 3.05) is 19.6 Å². The number of non-ortho nitro benzene ring substituents is 1. The molecule has 27 heavy (non-hydrogen) atoms. The second-order valence-corrected chi connectivity index (χ2v) is 4.87. The third-order valence-corrected chi connectivity index (χ3v) is 3.30. The van der Waals surface area contributed by atoms with Gasteiger partial charge in [0, 0.05) is 6.07 Å².